The summed E-state index contributed by atoms with van der Waals surface area (Å²) in [6.07, 6.45) is -2.83. The van der Waals surface area contributed by atoms with Gasteiger partial charge in [-0.15, -0.1) is 5.10 Å². The van der Waals surface area contributed by atoms with Crippen LogP contribution in [0.1, 0.15) is 21.8 Å². The molecule has 102 valence electrons. The fourth-order valence-corrected chi connectivity index (χ4v) is 3.01. The molecule has 0 spiro atoms. The molecule has 0 radical (unpaired) electrons. The summed E-state index contributed by atoms with van der Waals surface area (Å²) in [6.45, 7) is 0. The van der Waals surface area contributed by atoms with Crippen LogP contribution in [0.15, 0.2) is 24.3 Å². The molecule has 5 nitrogen and oxygen atoms in total. The van der Waals surface area contributed by atoms with Crippen LogP contribution in [0, 0.1) is 0 Å². The van der Waals surface area contributed by atoms with Crippen molar-refractivity contribution in [3.05, 3.63) is 34.8 Å². The van der Waals surface area contributed by atoms with Crippen molar-refractivity contribution in [3.63, 3.8) is 0 Å². The number of hydrogen-bond acceptors (Lipinski definition) is 6. The highest BCUT2D eigenvalue weighted by atomic mass is 32.1. The molecule has 3 rings (SSSR count). The molecule has 0 bridgehead atoms. The molecule has 20 heavy (non-hydrogen) atoms. The molecule has 0 aliphatic carbocycles. The van der Waals surface area contributed by atoms with Crippen LogP contribution in [-0.2, 0) is 0 Å². The molecule has 0 atom stereocenters. The van der Waals surface area contributed by atoms with Crippen LogP contribution < -0.4 is 5.32 Å². The molecule has 9 heteroatoms. The summed E-state index contributed by atoms with van der Waals surface area (Å²) in [5.41, 5.74) is 0.137. The number of halogens is 2. The average molecular weight is 312 g/mol. The molecule has 0 saturated carbocycles. The number of fused-ring (bicyclic) bond motifs is 1. The van der Waals surface area contributed by atoms with Gasteiger partial charge in [-0.25, -0.2) is 13.8 Å². The van der Waals surface area contributed by atoms with Gasteiger partial charge in [0.05, 0.1) is 10.2 Å². The normalized spacial score (nSPS) is 11.2. The van der Waals surface area contributed by atoms with E-state index >= 15 is 0 Å². The minimum Gasteiger partial charge on any atom is -0.297 e. The third-order valence-corrected chi connectivity index (χ3v) is 4.13. The van der Waals surface area contributed by atoms with Gasteiger partial charge in [0.15, 0.2) is 10.8 Å². The molecule has 1 amide bonds. The van der Waals surface area contributed by atoms with Crippen molar-refractivity contribution in [1.82, 2.24) is 14.6 Å². The van der Waals surface area contributed by atoms with Gasteiger partial charge in [-0.2, -0.15) is 0 Å². The molecule has 2 aromatic heterocycles. The Labute approximate surface area is 119 Å². The van der Waals surface area contributed by atoms with Crippen molar-refractivity contribution in [2.75, 3.05) is 5.32 Å². The van der Waals surface area contributed by atoms with E-state index in [9.17, 15) is 13.6 Å². The summed E-state index contributed by atoms with van der Waals surface area (Å²) in [4.78, 5) is 15.9. The monoisotopic (exact) mass is 312 g/mol. The minimum atomic E-state index is -2.83. The van der Waals surface area contributed by atoms with E-state index in [1.54, 1.807) is 6.07 Å². The number of benzene rings is 1. The van der Waals surface area contributed by atoms with E-state index in [1.165, 1.54) is 11.3 Å². The summed E-state index contributed by atoms with van der Waals surface area (Å²) < 4.78 is 29.6. The van der Waals surface area contributed by atoms with Crippen molar-refractivity contribution < 1.29 is 13.6 Å². The molecule has 0 unspecified atom stereocenters. The second kappa shape index (κ2) is 5.17. The van der Waals surface area contributed by atoms with E-state index in [2.05, 4.69) is 19.9 Å². The first-order chi connectivity index (χ1) is 9.65. The van der Waals surface area contributed by atoms with Gasteiger partial charge in [-0.3, -0.25) is 10.1 Å². The number of rotatable bonds is 3. The number of para-hydroxylation sites is 1. The quantitative estimate of drug-likeness (QED) is 0.805. The lowest BCUT2D eigenvalue weighted by Crippen LogP contribution is -2.12. The Morgan fingerprint density at radius 3 is 2.85 bits per heavy atom. The average Bonchev–Trinajstić information content (AvgIpc) is 3.04. The zero-order valence-corrected chi connectivity index (χ0v) is 11.3. The first-order valence-corrected chi connectivity index (χ1v) is 7.01. The van der Waals surface area contributed by atoms with Crippen LogP contribution >= 0.6 is 22.9 Å². The molecular weight excluding hydrogens is 306 g/mol. The van der Waals surface area contributed by atoms with Crippen molar-refractivity contribution in [2.45, 2.75) is 6.43 Å². The van der Waals surface area contributed by atoms with Gasteiger partial charge >= 0.3 is 0 Å². The van der Waals surface area contributed by atoms with Crippen molar-refractivity contribution in [3.8, 4) is 0 Å². The molecule has 1 N–H and O–H groups in total. The van der Waals surface area contributed by atoms with Gasteiger partial charge < -0.3 is 0 Å². The van der Waals surface area contributed by atoms with Crippen LogP contribution in [0.5, 0.6) is 0 Å². The van der Waals surface area contributed by atoms with Gasteiger partial charge in [-0.05, 0) is 23.7 Å². The minimum absolute atomic E-state index is 0.195. The van der Waals surface area contributed by atoms with Crippen LogP contribution in [0.3, 0.4) is 0 Å². The predicted molar refractivity (Wildman–Crippen MR) is 72.4 cm³/mol. The van der Waals surface area contributed by atoms with E-state index < -0.39 is 18.0 Å². The number of nitrogens with zero attached hydrogens (tertiary/aromatic N) is 3. The highest BCUT2D eigenvalue weighted by Gasteiger charge is 2.23. The lowest BCUT2D eigenvalue weighted by atomic mass is 10.3. The Balaban J connectivity index is 1.86. The van der Waals surface area contributed by atoms with E-state index in [1.807, 2.05) is 18.2 Å². The number of nitrogens with one attached hydrogen (secondary N) is 1. The van der Waals surface area contributed by atoms with Gasteiger partial charge in [0.2, 0.25) is 0 Å². The maximum atomic E-state index is 12.6. The third kappa shape index (κ3) is 2.37. The largest absolute Gasteiger partial charge is 0.297 e. The number of amides is 1. The Hall–Kier alpha value is -2.00. The topological polar surface area (TPSA) is 67.8 Å². The fraction of sp³-hybridized carbons (Fsp3) is 0.0909. The van der Waals surface area contributed by atoms with Crippen LogP contribution in [0.2, 0.25) is 0 Å². The number of thiazole rings is 1. The Morgan fingerprint density at radius 1 is 1.30 bits per heavy atom. The lowest BCUT2D eigenvalue weighted by Gasteiger charge is -1.99. The van der Waals surface area contributed by atoms with Crippen LogP contribution in [0.25, 0.3) is 10.2 Å². The zero-order valence-electron chi connectivity index (χ0n) is 9.71. The number of aromatic nitrogens is 3. The molecule has 3 aromatic rings. The van der Waals surface area contributed by atoms with Crippen molar-refractivity contribution >= 4 is 44.1 Å². The molecule has 0 aliphatic heterocycles. The van der Waals surface area contributed by atoms with Gasteiger partial charge in [0.25, 0.3) is 12.3 Å². The summed E-state index contributed by atoms with van der Waals surface area (Å²) in [5.74, 6) is -0.672. The second-order valence-corrected chi connectivity index (χ2v) is 5.51. The van der Waals surface area contributed by atoms with E-state index in [0.717, 1.165) is 10.2 Å². The molecule has 1 aromatic carbocycles. The number of anilines is 1. The molecule has 0 aliphatic rings. The highest BCUT2D eigenvalue weighted by molar-refractivity contribution is 7.22. The summed E-state index contributed by atoms with van der Waals surface area (Å²) in [6, 6.07) is 7.35. The summed E-state index contributed by atoms with van der Waals surface area (Å²) >= 11 is 1.91. The van der Waals surface area contributed by atoms with Gasteiger partial charge in [-0.1, -0.05) is 28.0 Å². The van der Waals surface area contributed by atoms with Gasteiger partial charge in [0, 0.05) is 0 Å². The third-order valence-electron chi connectivity index (χ3n) is 2.44. The first-order valence-electron chi connectivity index (χ1n) is 5.42. The Kier molecular flexibility index (Phi) is 3.36. The molecule has 2 heterocycles. The maximum absolute atomic E-state index is 12.6. The van der Waals surface area contributed by atoms with Crippen LogP contribution in [0.4, 0.5) is 13.9 Å². The number of carbonyl (C=O) groups is 1. The van der Waals surface area contributed by atoms with Gasteiger partial charge in [0.1, 0.15) is 4.88 Å². The number of carbonyl (C=O) groups excluding carboxylic acids is 1. The smallest absolute Gasteiger partial charge is 0.283 e. The number of alkyl halides is 2. The first kappa shape index (κ1) is 13.0. The fourth-order valence-electron chi connectivity index (χ4n) is 1.58. The summed E-state index contributed by atoms with van der Waals surface area (Å²) in [7, 11) is 0. The number of hydrogen-bond donors (Lipinski definition) is 1. The van der Waals surface area contributed by atoms with Crippen LogP contribution in [-0.4, -0.2) is 20.5 Å². The SMILES string of the molecule is O=C(Nc1nc2ccccc2s1)c1snnc1C(F)F. The van der Waals surface area contributed by atoms with Crippen molar-refractivity contribution in [1.29, 1.82) is 0 Å². The van der Waals surface area contributed by atoms with E-state index in [4.69, 9.17) is 0 Å². The molecular formula is C11H6F2N4OS2. The predicted octanol–water partition coefficient (Wildman–Crippen LogP) is 3.34. The summed E-state index contributed by atoms with van der Waals surface area (Å²) in [5, 5.41) is 6.11. The van der Waals surface area contributed by atoms with E-state index in [-0.39, 0.29) is 4.88 Å². The Bertz CT molecular complexity index is 737. The maximum Gasteiger partial charge on any atom is 0.283 e. The highest BCUT2D eigenvalue weighted by Crippen LogP contribution is 2.27. The molecule has 0 fully saturated rings. The Morgan fingerprint density at radius 2 is 2.10 bits per heavy atom. The lowest BCUT2D eigenvalue weighted by molar-refractivity contribution is 0.101. The zero-order chi connectivity index (χ0) is 14.1. The van der Waals surface area contributed by atoms with Crippen molar-refractivity contribution in [2.24, 2.45) is 0 Å². The van der Waals surface area contributed by atoms with E-state index in [0.29, 0.717) is 16.7 Å². The standard InChI is InChI=1S/C11H6F2N4OS2/c12-9(13)7-8(20-17-16-7)10(18)15-11-14-5-3-1-2-4-6(5)19-11/h1-4,9H,(H,14,15,18). The second-order valence-electron chi connectivity index (χ2n) is 3.73. The molecule has 0 saturated heterocycles.